The molecule has 0 aliphatic carbocycles. The first kappa shape index (κ1) is 26.1. The summed E-state index contributed by atoms with van der Waals surface area (Å²) in [6.45, 7) is 0. The monoisotopic (exact) mass is 690 g/mol. The summed E-state index contributed by atoms with van der Waals surface area (Å²) < 4.78 is 14.2. The van der Waals surface area contributed by atoms with E-state index in [1.165, 1.54) is 0 Å². The van der Waals surface area contributed by atoms with E-state index in [2.05, 4.69) is 28.2 Å². The van der Waals surface area contributed by atoms with Gasteiger partial charge in [-0.25, -0.2) is 9.97 Å². The van der Waals surface area contributed by atoms with Crippen molar-refractivity contribution >= 4 is 0 Å². The van der Waals surface area contributed by atoms with Crippen molar-refractivity contribution in [3.8, 4) is 57.3 Å². The predicted octanol–water partition coefficient (Wildman–Crippen LogP) is 7.59. The van der Waals surface area contributed by atoms with E-state index in [4.69, 9.17) is 14.5 Å². The molecule has 0 saturated heterocycles. The molecular weight excluding hydrogens is 667 g/mol. The Labute approximate surface area is 241 Å². The first-order valence-electron chi connectivity index (χ1n) is 12.2. The molecule has 194 valence electrons. The van der Waals surface area contributed by atoms with Crippen molar-refractivity contribution in [2.24, 2.45) is 7.05 Å². The summed E-state index contributed by atoms with van der Waals surface area (Å²) in [5, 5.41) is 0. The third-order valence-electron chi connectivity index (χ3n) is 6.00. The number of ether oxygens (including phenoxy) is 2. The van der Waals surface area contributed by atoms with Crippen molar-refractivity contribution in [3.63, 3.8) is 0 Å². The number of benzene rings is 3. The number of aromatic nitrogens is 4. The van der Waals surface area contributed by atoms with Crippen LogP contribution in [0.25, 0.3) is 33.9 Å². The molecule has 6 rings (SSSR count). The fraction of sp³-hybridized carbons (Fsp3) is 0.0312. The van der Waals surface area contributed by atoms with E-state index in [-0.39, 0.29) is 21.1 Å². The van der Waals surface area contributed by atoms with Crippen LogP contribution in [0.4, 0.5) is 0 Å². The van der Waals surface area contributed by atoms with Gasteiger partial charge in [-0.2, -0.15) is 23.2 Å². The van der Waals surface area contributed by atoms with E-state index in [1.807, 2.05) is 109 Å². The Balaban J connectivity index is 0.00000308. The molecule has 0 radical (unpaired) electrons. The van der Waals surface area contributed by atoms with E-state index >= 15 is 0 Å². The van der Waals surface area contributed by atoms with Gasteiger partial charge in [-0.3, -0.25) is 0 Å². The summed E-state index contributed by atoms with van der Waals surface area (Å²) in [5.74, 6) is 2.48. The molecule has 7 heteroatoms. The first-order valence-corrected chi connectivity index (χ1v) is 12.2. The minimum Gasteiger partial charge on any atom is -0.466 e. The van der Waals surface area contributed by atoms with Crippen LogP contribution in [-0.2, 0) is 28.1 Å². The van der Waals surface area contributed by atoms with Gasteiger partial charge < -0.3 is 14.0 Å². The normalized spacial score (nSPS) is 10.5. The van der Waals surface area contributed by atoms with Crippen LogP contribution < -0.4 is 9.47 Å². The van der Waals surface area contributed by atoms with Crippen molar-refractivity contribution in [3.05, 3.63) is 128 Å². The van der Waals surface area contributed by atoms with Crippen LogP contribution in [0.3, 0.4) is 0 Å². The third-order valence-corrected chi connectivity index (χ3v) is 6.00. The van der Waals surface area contributed by atoms with Gasteiger partial charge in [0.05, 0.1) is 11.9 Å². The summed E-state index contributed by atoms with van der Waals surface area (Å²) in [4.78, 5) is 13.9. The molecule has 0 aliphatic heterocycles. The molecule has 0 spiro atoms. The van der Waals surface area contributed by atoms with Crippen molar-refractivity contribution < 1.29 is 30.5 Å². The summed E-state index contributed by atoms with van der Waals surface area (Å²) in [6, 6.07) is 40.0. The van der Waals surface area contributed by atoms with Gasteiger partial charge in [-0.1, -0.05) is 66.7 Å². The second-order valence-corrected chi connectivity index (χ2v) is 8.58. The van der Waals surface area contributed by atoms with Crippen molar-refractivity contribution in [1.82, 2.24) is 19.5 Å². The summed E-state index contributed by atoms with van der Waals surface area (Å²) in [6.07, 6.45) is 1.86. The van der Waals surface area contributed by atoms with Gasteiger partial charge in [0.15, 0.2) is 5.82 Å². The van der Waals surface area contributed by atoms with Crippen LogP contribution in [0.15, 0.2) is 121 Å². The van der Waals surface area contributed by atoms with E-state index in [0.29, 0.717) is 29.1 Å². The molecule has 6 aromatic rings. The Kier molecular flexibility index (Phi) is 7.95. The molecule has 39 heavy (non-hydrogen) atoms. The van der Waals surface area contributed by atoms with Crippen molar-refractivity contribution in [2.75, 3.05) is 0 Å². The zero-order chi connectivity index (χ0) is 25.7. The van der Waals surface area contributed by atoms with Crippen molar-refractivity contribution in [2.45, 2.75) is 0 Å². The maximum Gasteiger partial charge on any atom is 0.225 e. The Morgan fingerprint density at radius 1 is 0.641 bits per heavy atom. The van der Waals surface area contributed by atoms with E-state index in [9.17, 15) is 0 Å². The number of rotatable bonds is 7. The van der Waals surface area contributed by atoms with E-state index < -0.39 is 0 Å². The zero-order valence-corrected chi connectivity index (χ0v) is 23.2. The number of para-hydroxylation sites is 1. The molecular formula is C32H23N4O2Pt-. The van der Waals surface area contributed by atoms with Crippen LogP contribution in [0, 0.1) is 6.07 Å². The second kappa shape index (κ2) is 11.9. The Bertz CT molecular complexity index is 1670. The summed E-state index contributed by atoms with van der Waals surface area (Å²) in [7, 11) is 1.98. The quantitative estimate of drug-likeness (QED) is 0.162. The predicted molar refractivity (Wildman–Crippen MR) is 147 cm³/mol. The van der Waals surface area contributed by atoms with Crippen LogP contribution in [0.2, 0.25) is 0 Å². The molecule has 0 bridgehead atoms. The molecule has 3 heterocycles. The molecule has 0 saturated carbocycles. The molecule has 0 unspecified atom stereocenters. The van der Waals surface area contributed by atoms with Gasteiger partial charge in [-0.15, -0.1) is 12.1 Å². The average Bonchev–Trinajstić information content (AvgIpc) is 3.36. The SMILES string of the molecule is Cn1c(-c2ccccc2)cnc1-c1cccc(Oc2cc(-c3ccccc3)cc(Oc3[c-]cccc3)n2)n1.[Pt]. The minimum absolute atomic E-state index is 0. The van der Waals surface area contributed by atoms with Crippen LogP contribution in [0.5, 0.6) is 23.4 Å². The van der Waals surface area contributed by atoms with Gasteiger partial charge in [0.1, 0.15) is 5.69 Å². The third kappa shape index (κ3) is 5.97. The minimum atomic E-state index is 0. The van der Waals surface area contributed by atoms with Gasteiger partial charge in [0.25, 0.3) is 0 Å². The smallest absolute Gasteiger partial charge is 0.225 e. The van der Waals surface area contributed by atoms with Gasteiger partial charge in [0, 0.05) is 52.1 Å². The van der Waals surface area contributed by atoms with Crippen LogP contribution in [-0.4, -0.2) is 19.5 Å². The fourth-order valence-corrected chi connectivity index (χ4v) is 4.16. The average molecular weight is 691 g/mol. The number of nitrogens with zero attached hydrogens (tertiary/aromatic N) is 4. The van der Waals surface area contributed by atoms with Crippen LogP contribution in [0.1, 0.15) is 0 Å². The molecule has 0 atom stereocenters. The number of hydrogen-bond donors (Lipinski definition) is 0. The molecule has 0 fully saturated rings. The van der Waals surface area contributed by atoms with Gasteiger partial charge >= 0.3 is 0 Å². The van der Waals surface area contributed by atoms with Gasteiger partial charge in [0.2, 0.25) is 17.6 Å². The summed E-state index contributed by atoms with van der Waals surface area (Å²) >= 11 is 0. The topological polar surface area (TPSA) is 62.1 Å². The second-order valence-electron chi connectivity index (χ2n) is 8.58. The number of hydrogen-bond acceptors (Lipinski definition) is 5. The zero-order valence-electron chi connectivity index (χ0n) is 21.0. The standard InChI is InChI=1S/C32H23N4O2.Pt/c1-36-28(24-14-7-3-8-15-24)22-33-32(36)27-18-11-19-29(34-27)38-31-21-25(23-12-5-2-6-13-23)20-30(35-31)37-26-16-9-4-10-17-26;/h2-16,18-22H,1H3;/q-1;. The first-order chi connectivity index (χ1) is 18.7. The number of imidazole rings is 1. The Hall–Kier alpha value is -4.54. The Morgan fingerprint density at radius 3 is 2.05 bits per heavy atom. The Morgan fingerprint density at radius 2 is 1.33 bits per heavy atom. The maximum absolute atomic E-state index is 6.16. The van der Waals surface area contributed by atoms with E-state index in [1.54, 1.807) is 12.1 Å². The van der Waals surface area contributed by atoms with Gasteiger partial charge in [-0.05, 0) is 22.8 Å². The molecule has 6 nitrogen and oxygen atoms in total. The molecule has 0 aliphatic rings. The van der Waals surface area contributed by atoms with E-state index in [0.717, 1.165) is 28.2 Å². The number of pyridine rings is 2. The maximum atomic E-state index is 6.16. The molecule has 0 amide bonds. The van der Waals surface area contributed by atoms with Crippen molar-refractivity contribution in [1.29, 1.82) is 0 Å². The molecule has 3 aromatic carbocycles. The molecule has 3 aromatic heterocycles. The molecule has 0 N–H and O–H groups in total. The summed E-state index contributed by atoms with van der Waals surface area (Å²) in [5.41, 5.74) is 4.72. The van der Waals surface area contributed by atoms with Crippen LogP contribution >= 0.6 is 0 Å². The largest absolute Gasteiger partial charge is 0.466 e. The fourth-order valence-electron chi connectivity index (χ4n) is 4.16.